The van der Waals surface area contributed by atoms with E-state index >= 15 is 0 Å². The van der Waals surface area contributed by atoms with Crippen LogP contribution in [0.1, 0.15) is 18.2 Å². The summed E-state index contributed by atoms with van der Waals surface area (Å²) in [5.74, 6) is -0.0615. The first-order chi connectivity index (χ1) is 6.59. The van der Waals surface area contributed by atoms with Gasteiger partial charge in [-0.1, -0.05) is 5.16 Å². The summed E-state index contributed by atoms with van der Waals surface area (Å²) in [6.07, 6.45) is 1.78. The number of carbonyl (C=O) groups is 1. The molecule has 1 aromatic rings. The van der Waals surface area contributed by atoms with Gasteiger partial charge in [0.2, 0.25) is 5.91 Å². The Morgan fingerprint density at radius 3 is 3.00 bits per heavy atom. The maximum atomic E-state index is 11.3. The van der Waals surface area contributed by atoms with Crippen LogP contribution in [-0.4, -0.2) is 23.7 Å². The molecule has 0 fully saturated rings. The Bertz CT molecular complexity index is 307. The predicted octanol–water partition coefficient (Wildman–Crippen LogP) is -0.0111. The third-order valence-corrected chi connectivity index (χ3v) is 1.82. The molecule has 1 unspecified atom stereocenters. The van der Waals surface area contributed by atoms with E-state index in [1.165, 1.54) is 6.26 Å². The quantitative estimate of drug-likeness (QED) is 0.711. The van der Waals surface area contributed by atoms with Gasteiger partial charge in [0.15, 0.2) is 0 Å². The fourth-order valence-electron chi connectivity index (χ4n) is 0.993. The molecule has 0 saturated carbocycles. The van der Waals surface area contributed by atoms with Crippen molar-refractivity contribution in [3.8, 4) is 0 Å². The van der Waals surface area contributed by atoms with Crippen molar-refractivity contribution in [2.45, 2.75) is 26.3 Å². The molecule has 78 valence electrons. The normalized spacial score (nSPS) is 12.5. The van der Waals surface area contributed by atoms with E-state index in [0.717, 1.165) is 11.3 Å². The summed E-state index contributed by atoms with van der Waals surface area (Å²) in [4.78, 5) is 11.3. The fraction of sp³-hybridized carbons (Fsp3) is 0.556. The van der Waals surface area contributed by atoms with Crippen LogP contribution in [0, 0.1) is 6.92 Å². The van der Waals surface area contributed by atoms with Crippen molar-refractivity contribution in [2.24, 2.45) is 5.73 Å². The standard InChI is InChI=1S/C9H15N3O2/c1-6(10)4-11-9(13)3-8-5-14-12-7(8)2/h5-6H,3-4,10H2,1-2H3,(H,11,13). The van der Waals surface area contributed by atoms with Crippen molar-refractivity contribution in [1.29, 1.82) is 0 Å². The molecule has 0 aromatic carbocycles. The number of carbonyl (C=O) groups excluding carboxylic acids is 1. The first-order valence-electron chi connectivity index (χ1n) is 4.51. The van der Waals surface area contributed by atoms with Gasteiger partial charge < -0.3 is 15.6 Å². The monoisotopic (exact) mass is 197 g/mol. The molecule has 1 heterocycles. The van der Waals surface area contributed by atoms with E-state index in [2.05, 4.69) is 10.5 Å². The Morgan fingerprint density at radius 2 is 2.50 bits per heavy atom. The fourth-order valence-corrected chi connectivity index (χ4v) is 0.993. The summed E-state index contributed by atoms with van der Waals surface area (Å²) < 4.78 is 4.72. The molecule has 1 rings (SSSR count). The van der Waals surface area contributed by atoms with Gasteiger partial charge in [0.25, 0.3) is 0 Å². The summed E-state index contributed by atoms with van der Waals surface area (Å²) in [5, 5.41) is 6.40. The average molecular weight is 197 g/mol. The van der Waals surface area contributed by atoms with Crippen LogP contribution in [0.2, 0.25) is 0 Å². The molecule has 0 spiro atoms. The highest BCUT2D eigenvalue weighted by Gasteiger charge is 2.08. The number of hydrogen-bond donors (Lipinski definition) is 2. The summed E-state index contributed by atoms with van der Waals surface area (Å²) in [7, 11) is 0. The second kappa shape index (κ2) is 4.76. The Labute approximate surface area is 82.6 Å². The van der Waals surface area contributed by atoms with Crippen LogP contribution in [0.3, 0.4) is 0 Å². The summed E-state index contributed by atoms with van der Waals surface area (Å²) >= 11 is 0. The Kier molecular flexibility index (Phi) is 3.64. The molecule has 0 aliphatic carbocycles. The van der Waals surface area contributed by atoms with Crippen LogP contribution >= 0.6 is 0 Å². The van der Waals surface area contributed by atoms with Gasteiger partial charge in [-0.3, -0.25) is 4.79 Å². The molecule has 1 atom stereocenters. The molecular weight excluding hydrogens is 182 g/mol. The zero-order chi connectivity index (χ0) is 10.6. The molecule has 1 aromatic heterocycles. The van der Waals surface area contributed by atoms with E-state index in [0.29, 0.717) is 13.0 Å². The van der Waals surface area contributed by atoms with Gasteiger partial charge in [-0.05, 0) is 13.8 Å². The number of hydrogen-bond acceptors (Lipinski definition) is 4. The molecule has 0 bridgehead atoms. The first-order valence-corrected chi connectivity index (χ1v) is 4.51. The minimum absolute atomic E-state index is 0.0254. The molecule has 5 nitrogen and oxygen atoms in total. The number of aromatic nitrogens is 1. The van der Waals surface area contributed by atoms with Crippen LogP contribution in [0.25, 0.3) is 0 Å². The van der Waals surface area contributed by atoms with Crippen molar-refractivity contribution >= 4 is 5.91 Å². The maximum Gasteiger partial charge on any atom is 0.224 e. The van der Waals surface area contributed by atoms with E-state index in [4.69, 9.17) is 10.3 Å². The van der Waals surface area contributed by atoms with Gasteiger partial charge in [-0.15, -0.1) is 0 Å². The Balaban J connectivity index is 2.38. The van der Waals surface area contributed by atoms with Crippen LogP contribution in [-0.2, 0) is 11.2 Å². The topological polar surface area (TPSA) is 81.2 Å². The van der Waals surface area contributed by atoms with E-state index in [-0.39, 0.29) is 11.9 Å². The molecule has 0 saturated heterocycles. The van der Waals surface area contributed by atoms with Gasteiger partial charge in [0, 0.05) is 18.2 Å². The second-order valence-electron chi connectivity index (χ2n) is 3.38. The van der Waals surface area contributed by atoms with Crippen LogP contribution in [0.5, 0.6) is 0 Å². The molecule has 14 heavy (non-hydrogen) atoms. The highest BCUT2D eigenvalue weighted by Crippen LogP contribution is 2.05. The second-order valence-corrected chi connectivity index (χ2v) is 3.38. The first kappa shape index (κ1) is 10.7. The van der Waals surface area contributed by atoms with Gasteiger partial charge >= 0.3 is 0 Å². The SMILES string of the molecule is Cc1nocc1CC(=O)NCC(C)N. The Hall–Kier alpha value is -1.36. The maximum absolute atomic E-state index is 11.3. The smallest absolute Gasteiger partial charge is 0.224 e. The lowest BCUT2D eigenvalue weighted by atomic mass is 10.2. The van der Waals surface area contributed by atoms with Crippen molar-refractivity contribution in [3.05, 3.63) is 17.5 Å². The number of amides is 1. The van der Waals surface area contributed by atoms with E-state index in [1.807, 2.05) is 6.92 Å². The third-order valence-electron chi connectivity index (χ3n) is 1.82. The minimum Gasteiger partial charge on any atom is -0.364 e. The van der Waals surface area contributed by atoms with Gasteiger partial charge in [0.1, 0.15) is 6.26 Å². The molecule has 1 amide bonds. The zero-order valence-electron chi connectivity index (χ0n) is 8.41. The number of rotatable bonds is 4. The number of aryl methyl sites for hydroxylation is 1. The summed E-state index contributed by atoms with van der Waals surface area (Å²) in [5.41, 5.74) is 7.06. The van der Waals surface area contributed by atoms with Crippen molar-refractivity contribution in [1.82, 2.24) is 10.5 Å². The van der Waals surface area contributed by atoms with Crippen LogP contribution in [0.15, 0.2) is 10.8 Å². The van der Waals surface area contributed by atoms with Crippen LogP contribution in [0.4, 0.5) is 0 Å². The van der Waals surface area contributed by atoms with Crippen molar-refractivity contribution in [2.75, 3.05) is 6.54 Å². The minimum atomic E-state index is -0.0615. The number of nitrogens with two attached hydrogens (primary N) is 1. The van der Waals surface area contributed by atoms with Crippen molar-refractivity contribution < 1.29 is 9.32 Å². The highest BCUT2D eigenvalue weighted by molar-refractivity contribution is 5.78. The van der Waals surface area contributed by atoms with Gasteiger partial charge in [-0.2, -0.15) is 0 Å². The van der Waals surface area contributed by atoms with E-state index in [1.54, 1.807) is 6.92 Å². The summed E-state index contributed by atoms with van der Waals surface area (Å²) in [6, 6.07) is -0.0254. The lowest BCUT2D eigenvalue weighted by molar-refractivity contribution is -0.120. The lowest BCUT2D eigenvalue weighted by Gasteiger charge is -2.06. The van der Waals surface area contributed by atoms with Crippen LogP contribution < -0.4 is 11.1 Å². The number of nitrogens with zero attached hydrogens (tertiary/aromatic N) is 1. The molecule has 5 heteroatoms. The molecule has 0 aliphatic heterocycles. The molecular formula is C9H15N3O2. The highest BCUT2D eigenvalue weighted by atomic mass is 16.5. The average Bonchev–Trinajstić information content (AvgIpc) is 2.49. The molecule has 0 aliphatic rings. The summed E-state index contributed by atoms with van der Waals surface area (Å²) in [6.45, 7) is 4.13. The van der Waals surface area contributed by atoms with Gasteiger partial charge in [0.05, 0.1) is 12.1 Å². The molecule has 3 N–H and O–H groups in total. The Morgan fingerprint density at radius 1 is 1.79 bits per heavy atom. The third kappa shape index (κ3) is 3.18. The molecule has 0 radical (unpaired) electrons. The number of nitrogens with one attached hydrogen (secondary N) is 1. The van der Waals surface area contributed by atoms with E-state index in [9.17, 15) is 4.79 Å². The largest absolute Gasteiger partial charge is 0.364 e. The van der Waals surface area contributed by atoms with Crippen molar-refractivity contribution in [3.63, 3.8) is 0 Å². The van der Waals surface area contributed by atoms with Gasteiger partial charge in [-0.25, -0.2) is 0 Å². The van der Waals surface area contributed by atoms with E-state index < -0.39 is 0 Å². The lowest BCUT2D eigenvalue weighted by Crippen LogP contribution is -2.35. The predicted molar refractivity (Wildman–Crippen MR) is 51.6 cm³/mol. The zero-order valence-corrected chi connectivity index (χ0v) is 8.41.